The number of nitrogens with one attached hydrogen (secondary N) is 1. The minimum absolute atomic E-state index is 0.164. The Morgan fingerprint density at radius 2 is 2.00 bits per heavy atom. The van der Waals surface area contributed by atoms with Crippen LogP contribution in [0.2, 0.25) is 0 Å². The number of fused-ring (bicyclic) bond motifs is 3. The van der Waals surface area contributed by atoms with E-state index in [0.717, 1.165) is 50.3 Å². The highest BCUT2D eigenvalue weighted by Crippen LogP contribution is 2.49. The molecule has 39 heavy (non-hydrogen) atoms. The van der Waals surface area contributed by atoms with Gasteiger partial charge < -0.3 is 19.9 Å². The Labute approximate surface area is 233 Å². The second-order valence-electron chi connectivity index (χ2n) is 12.0. The molecule has 2 N–H and O–H groups in total. The van der Waals surface area contributed by atoms with Crippen LogP contribution in [0.3, 0.4) is 0 Å². The number of unbranched alkanes of at least 4 members (excludes halogenated alkanes) is 1. The number of ether oxygens (including phenoxy) is 2. The number of hydrogen-bond donors (Lipinski definition) is 2. The van der Waals surface area contributed by atoms with Crippen molar-refractivity contribution in [2.45, 2.75) is 83.6 Å². The van der Waals surface area contributed by atoms with Crippen LogP contribution in [-0.2, 0) is 9.47 Å². The van der Waals surface area contributed by atoms with Gasteiger partial charge >= 0.3 is 0 Å². The largest absolute Gasteiger partial charge is 0.465 e. The van der Waals surface area contributed by atoms with Gasteiger partial charge in [0.2, 0.25) is 0 Å². The molecule has 208 valence electrons. The van der Waals surface area contributed by atoms with Crippen molar-refractivity contribution >= 4 is 5.84 Å². The molecule has 0 spiro atoms. The minimum atomic E-state index is -0.573. The second kappa shape index (κ2) is 11.9. The molecule has 6 aliphatic rings. The van der Waals surface area contributed by atoms with E-state index in [2.05, 4.69) is 61.7 Å². The van der Waals surface area contributed by atoms with Crippen LogP contribution in [0.25, 0.3) is 0 Å². The molecule has 0 saturated carbocycles. The predicted octanol–water partition coefficient (Wildman–Crippen LogP) is 6.68. The van der Waals surface area contributed by atoms with Crippen LogP contribution >= 0.6 is 0 Å². The third-order valence-corrected chi connectivity index (χ3v) is 9.43. The number of allylic oxidation sites excluding steroid dienone is 10. The summed E-state index contributed by atoms with van der Waals surface area (Å²) in [4.78, 5) is 5.01. The van der Waals surface area contributed by atoms with Crippen molar-refractivity contribution in [1.29, 1.82) is 0 Å². The molecule has 0 radical (unpaired) electrons. The summed E-state index contributed by atoms with van der Waals surface area (Å²) in [5.74, 6) is 4.72. The lowest BCUT2D eigenvalue weighted by atomic mass is 9.76. The van der Waals surface area contributed by atoms with Crippen molar-refractivity contribution in [1.82, 2.24) is 5.32 Å². The first kappa shape index (κ1) is 26.6. The van der Waals surface area contributed by atoms with E-state index in [1.165, 1.54) is 36.2 Å². The Bertz CT molecular complexity index is 1170. The normalized spacial score (nSPS) is 35.3. The molecule has 5 heteroatoms. The first-order valence-corrected chi connectivity index (χ1v) is 15.3. The number of aliphatic hydroxyl groups excluding tert-OH is 1. The van der Waals surface area contributed by atoms with Crippen molar-refractivity contribution in [2.24, 2.45) is 34.6 Å². The molecular formula is C34H44N2O3. The first-order chi connectivity index (χ1) is 19.1. The molecule has 0 aromatic carbocycles. The zero-order valence-electron chi connectivity index (χ0n) is 23.5. The molecule has 0 aromatic rings. The summed E-state index contributed by atoms with van der Waals surface area (Å²) in [5.41, 5.74) is 2.81. The summed E-state index contributed by atoms with van der Waals surface area (Å²) in [6, 6.07) is 0.200. The highest BCUT2D eigenvalue weighted by Gasteiger charge is 2.41. The number of rotatable bonds is 9. The summed E-state index contributed by atoms with van der Waals surface area (Å²) in [7, 11) is 0. The van der Waals surface area contributed by atoms with Gasteiger partial charge in [0.15, 0.2) is 6.23 Å². The summed E-state index contributed by atoms with van der Waals surface area (Å²) < 4.78 is 13.0. The van der Waals surface area contributed by atoms with Crippen LogP contribution in [0.15, 0.2) is 88.4 Å². The van der Waals surface area contributed by atoms with Crippen LogP contribution in [0, 0.1) is 29.6 Å². The van der Waals surface area contributed by atoms with E-state index in [-0.39, 0.29) is 18.2 Å². The van der Waals surface area contributed by atoms with Crippen molar-refractivity contribution in [2.75, 3.05) is 6.61 Å². The van der Waals surface area contributed by atoms with Crippen LogP contribution in [0.5, 0.6) is 0 Å². The van der Waals surface area contributed by atoms with Gasteiger partial charge in [-0.15, -0.1) is 0 Å². The molecule has 4 aliphatic carbocycles. The SMILES string of the molecule is CCCCC(CC)COC1CC(C2C=C3OC4=C(C=C5C=CC=CC5C4)C3CC2)NC(C2C=CC=CC2O)=N1. The number of amidine groups is 1. The molecule has 8 atom stereocenters. The molecule has 0 bridgehead atoms. The van der Waals surface area contributed by atoms with E-state index in [0.29, 0.717) is 23.7 Å². The lowest BCUT2D eigenvalue weighted by Crippen LogP contribution is -2.51. The topological polar surface area (TPSA) is 63.1 Å². The molecule has 0 saturated heterocycles. The van der Waals surface area contributed by atoms with Crippen molar-refractivity contribution in [3.05, 3.63) is 83.4 Å². The van der Waals surface area contributed by atoms with Gasteiger partial charge in [-0.3, -0.25) is 0 Å². The van der Waals surface area contributed by atoms with Gasteiger partial charge in [-0.1, -0.05) is 87.8 Å². The highest BCUT2D eigenvalue weighted by molar-refractivity contribution is 5.88. The monoisotopic (exact) mass is 528 g/mol. The van der Waals surface area contributed by atoms with E-state index < -0.39 is 6.10 Å². The summed E-state index contributed by atoms with van der Waals surface area (Å²) in [6.07, 6.45) is 29.5. The number of hydrogen-bond acceptors (Lipinski definition) is 5. The molecule has 0 fully saturated rings. The molecule has 2 aliphatic heterocycles. The van der Waals surface area contributed by atoms with E-state index in [1.807, 2.05) is 18.2 Å². The molecule has 0 aromatic heterocycles. The molecule has 8 unspecified atom stereocenters. The van der Waals surface area contributed by atoms with Gasteiger partial charge in [0.05, 0.1) is 18.6 Å². The summed E-state index contributed by atoms with van der Waals surface area (Å²) in [6.45, 7) is 5.26. The fourth-order valence-electron chi connectivity index (χ4n) is 6.97. The summed E-state index contributed by atoms with van der Waals surface area (Å²) >= 11 is 0. The molecule has 5 nitrogen and oxygen atoms in total. The van der Waals surface area contributed by atoms with E-state index in [4.69, 9.17) is 14.5 Å². The summed E-state index contributed by atoms with van der Waals surface area (Å²) in [5, 5.41) is 14.5. The average Bonchev–Trinajstić information content (AvgIpc) is 3.32. The maximum atomic E-state index is 10.7. The quantitative estimate of drug-likeness (QED) is 0.351. The van der Waals surface area contributed by atoms with Crippen LogP contribution < -0.4 is 5.32 Å². The number of aliphatic hydroxyl groups is 1. The van der Waals surface area contributed by atoms with E-state index >= 15 is 0 Å². The zero-order chi connectivity index (χ0) is 26.8. The van der Waals surface area contributed by atoms with Crippen molar-refractivity contribution < 1.29 is 14.6 Å². The van der Waals surface area contributed by atoms with Gasteiger partial charge in [0.1, 0.15) is 17.4 Å². The van der Waals surface area contributed by atoms with Crippen LogP contribution in [0.1, 0.15) is 65.2 Å². The van der Waals surface area contributed by atoms with E-state index in [1.54, 1.807) is 0 Å². The Morgan fingerprint density at radius 3 is 2.85 bits per heavy atom. The first-order valence-electron chi connectivity index (χ1n) is 15.3. The smallest absolute Gasteiger partial charge is 0.152 e. The van der Waals surface area contributed by atoms with Gasteiger partial charge in [-0.25, -0.2) is 4.99 Å². The van der Waals surface area contributed by atoms with Gasteiger partial charge in [-0.05, 0) is 36.8 Å². The lowest BCUT2D eigenvalue weighted by molar-refractivity contribution is 0.0133. The van der Waals surface area contributed by atoms with Gasteiger partial charge in [-0.2, -0.15) is 0 Å². The van der Waals surface area contributed by atoms with Crippen LogP contribution in [-0.4, -0.2) is 35.9 Å². The van der Waals surface area contributed by atoms with Gasteiger partial charge in [0, 0.05) is 42.2 Å². The maximum absolute atomic E-state index is 10.7. The van der Waals surface area contributed by atoms with Crippen LogP contribution in [0.4, 0.5) is 0 Å². The predicted molar refractivity (Wildman–Crippen MR) is 157 cm³/mol. The molecule has 0 amide bonds. The van der Waals surface area contributed by atoms with E-state index in [9.17, 15) is 5.11 Å². The Kier molecular flexibility index (Phi) is 8.08. The van der Waals surface area contributed by atoms with Crippen molar-refractivity contribution in [3.63, 3.8) is 0 Å². The number of nitrogens with zero attached hydrogens (tertiary/aromatic N) is 1. The van der Waals surface area contributed by atoms with Crippen molar-refractivity contribution in [3.8, 4) is 0 Å². The minimum Gasteiger partial charge on any atom is -0.465 e. The maximum Gasteiger partial charge on any atom is 0.152 e. The average molecular weight is 529 g/mol. The third kappa shape index (κ3) is 5.67. The lowest BCUT2D eigenvalue weighted by Gasteiger charge is -2.38. The van der Waals surface area contributed by atoms with Gasteiger partial charge in [0.25, 0.3) is 0 Å². The Balaban J connectivity index is 1.18. The Hall–Kier alpha value is -2.63. The molecular weight excluding hydrogens is 484 g/mol. The fourth-order valence-corrected chi connectivity index (χ4v) is 6.97. The molecule has 6 rings (SSSR count). The molecule has 2 heterocycles. The highest BCUT2D eigenvalue weighted by atomic mass is 16.5. The second-order valence-corrected chi connectivity index (χ2v) is 12.0. The zero-order valence-corrected chi connectivity index (χ0v) is 23.5. The standard InChI is InChI=1S/C34H44N2O3/c1-3-5-10-22(4-2)21-38-33-20-29(35-34(36-33)27-13-8-9-14-30(27)37)25-15-16-26-28-17-23-11-6-7-12-24(23)18-32(28)39-31(26)19-25/h6-9,11-14,17,19,22,24-27,29-30,33,37H,3-5,10,15-16,18,20-21H2,1-2H3,(H,35,36). The number of aliphatic imine (C=N–C) groups is 1. The fraction of sp³-hybridized carbons (Fsp3) is 0.559. The third-order valence-electron chi connectivity index (χ3n) is 9.43. The Morgan fingerprint density at radius 1 is 1.13 bits per heavy atom.